The third-order valence-electron chi connectivity index (χ3n) is 5.54. The summed E-state index contributed by atoms with van der Waals surface area (Å²) >= 11 is 0. The summed E-state index contributed by atoms with van der Waals surface area (Å²) in [6.45, 7) is 6.04. The van der Waals surface area contributed by atoms with Crippen molar-refractivity contribution >= 4 is 9.84 Å². The minimum absolute atomic E-state index is 0.260. The van der Waals surface area contributed by atoms with Crippen LogP contribution in [0.3, 0.4) is 0 Å². The van der Waals surface area contributed by atoms with Crippen LogP contribution in [-0.2, 0) is 22.9 Å². The first kappa shape index (κ1) is 18.9. The van der Waals surface area contributed by atoms with Crippen molar-refractivity contribution in [3.8, 4) is 0 Å². The monoisotopic (exact) mass is 367 g/mol. The molecule has 0 bridgehead atoms. The molecule has 2 saturated carbocycles. The van der Waals surface area contributed by atoms with E-state index in [-0.39, 0.29) is 5.16 Å². The minimum atomic E-state index is -3.29. The van der Waals surface area contributed by atoms with Crippen LogP contribution < -0.4 is 0 Å². The second-order valence-electron chi connectivity index (χ2n) is 8.10. The van der Waals surface area contributed by atoms with Crippen molar-refractivity contribution in [3.63, 3.8) is 0 Å². The molecule has 1 heterocycles. The van der Waals surface area contributed by atoms with Gasteiger partial charge in [-0.1, -0.05) is 26.2 Å². The van der Waals surface area contributed by atoms with Crippen molar-refractivity contribution in [2.75, 3.05) is 19.3 Å². The molecular formula is C19H33N3O2S. The molecule has 0 spiro atoms. The molecule has 0 unspecified atom stereocenters. The highest BCUT2D eigenvalue weighted by atomic mass is 32.2. The molecule has 0 radical (unpaired) electrons. The number of aromatic nitrogens is 2. The zero-order chi connectivity index (χ0) is 17.9. The van der Waals surface area contributed by atoms with E-state index in [0.717, 1.165) is 44.2 Å². The molecule has 0 amide bonds. The van der Waals surface area contributed by atoms with E-state index in [4.69, 9.17) is 0 Å². The second kappa shape index (κ2) is 8.21. The third kappa shape index (κ3) is 5.30. The Balaban J connectivity index is 1.79. The second-order valence-corrected chi connectivity index (χ2v) is 10.0. The average Bonchev–Trinajstić information content (AvgIpc) is 3.28. The number of sulfone groups is 1. The van der Waals surface area contributed by atoms with Gasteiger partial charge >= 0.3 is 0 Å². The lowest BCUT2D eigenvalue weighted by Gasteiger charge is -2.26. The Morgan fingerprint density at radius 1 is 1.16 bits per heavy atom. The SMILES string of the molecule is CCCN(Cc1cnc(S(C)(=O)=O)n1CC1CCCCC1)CC1CC1. The van der Waals surface area contributed by atoms with Gasteiger partial charge in [0.25, 0.3) is 0 Å². The first-order chi connectivity index (χ1) is 12.0. The lowest BCUT2D eigenvalue weighted by molar-refractivity contribution is 0.241. The van der Waals surface area contributed by atoms with Gasteiger partial charge in [-0.25, -0.2) is 13.4 Å². The lowest BCUT2D eigenvalue weighted by atomic mass is 9.89. The fourth-order valence-corrected chi connectivity index (χ4v) is 4.92. The molecular weight excluding hydrogens is 334 g/mol. The van der Waals surface area contributed by atoms with Crippen molar-refractivity contribution in [1.29, 1.82) is 0 Å². The zero-order valence-electron chi connectivity index (χ0n) is 15.8. The molecule has 1 aromatic heterocycles. The predicted molar refractivity (Wildman–Crippen MR) is 100 cm³/mol. The molecule has 0 aliphatic heterocycles. The summed E-state index contributed by atoms with van der Waals surface area (Å²) in [7, 11) is -3.29. The first-order valence-electron chi connectivity index (χ1n) is 9.94. The topological polar surface area (TPSA) is 55.2 Å². The Morgan fingerprint density at radius 3 is 2.48 bits per heavy atom. The molecule has 5 nitrogen and oxygen atoms in total. The number of hydrogen-bond acceptors (Lipinski definition) is 4. The van der Waals surface area contributed by atoms with Gasteiger partial charge < -0.3 is 4.57 Å². The summed E-state index contributed by atoms with van der Waals surface area (Å²) in [5.74, 6) is 1.43. The number of imidazole rings is 1. The van der Waals surface area contributed by atoms with Crippen LogP contribution in [0.15, 0.2) is 11.4 Å². The Hall–Kier alpha value is -0.880. The maximum absolute atomic E-state index is 12.2. The number of nitrogens with zero attached hydrogens (tertiary/aromatic N) is 3. The summed E-state index contributed by atoms with van der Waals surface area (Å²) in [5, 5.41) is 0.260. The highest BCUT2D eigenvalue weighted by molar-refractivity contribution is 7.90. The van der Waals surface area contributed by atoms with Gasteiger partial charge in [0.1, 0.15) is 0 Å². The van der Waals surface area contributed by atoms with E-state index in [0.29, 0.717) is 5.92 Å². The van der Waals surface area contributed by atoms with Crippen molar-refractivity contribution < 1.29 is 8.42 Å². The van der Waals surface area contributed by atoms with Crippen LogP contribution in [0.25, 0.3) is 0 Å². The zero-order valence-corrected chi connectivity index (χ0v) is 16.6. The van der Waals surface area contributed by atoms with Crippen LogP contribution in [0.1, 0.15) is 64.0 Å². The van der Waals surface area contributed by atoms with E-state index in [1.165, 1.54) is 51.2 Å². The largest absolute Gasteiger partial charge is 0.317 e. The molecule has 0 saturated heterocycles. The van der Waals surface area contributed by atoms with Crippen LogP contribution in [0.2, 0.25) is 0 Å². The normalized spacial score (nSPS) is 19.6. The van der Waals surface area contributed by atoms with E-state index in [1.54, 1.807) is 6.20 Å². The van der Waals surface area contributed by atoms with Gasteiger partial charge in [0, 0.05) is 25.9 Å². The third-order valence-corrected chi connectivity index (χ3v) is 6.53. The van der Waals surface area contributed by atoms with Crippen molar-refractivity contribution in [2.24, 2.45) is 11.8 Å². The Morgan fingerprint density at radius 2 is 1.88 bits per heavy atom. The molecule has 3 rings (SSSR count). The van der Waals surface area contributed by atoms with Gasteiger partial charge in [-0.3, -0.25) is 4.90 Å². The van der Waals surface area contributed by atoms with Crippen LogP contribution in [-0.4, -0.2) is 42.2 Å². The summed E-state index contributed by atoms with van der Waals surface area (Å²) in [4.78, 5) is 6.79. The van der Waals surface area contributed by atoms with Crippen LogP contribution in [0.5, 0.6) is 0 Å². The quantitative estimate of drug-likeness (QED) is 0.670. The molecule has 6 heteroatoms. The Labute approximate surface area is 152 Å². The van der Waals surface area contributed by atoms with Crippen LogP contribution in [0, 0.1) is 11.8 Å². The van der Waals surface area contributed by atoms with E-state index in [9.17, 15) is 8.42 Å². The summed E-state index contributed by atoms with van der Waals surface area (Å²) in [5.41, 5.74) is 1.07. The molecule has 0 aromatic carbocycles. The highest BCUT2D eigenvalue weighted by Crippen LogP contribution is 2.31. The van der Waals surface area contributed by atoms with Crippen LogP contribution >= 0.6 is 0 Å². The Kier molecular flexibility index (Phi) is 6.21. The fourth-order valence-electron chi connectivity index (χ4n) is 4.08. The lowest BCUT2D eigenvalue weighted by Crippen LogP contribution is -2.28. The van der Waals surface area contributed by atoms with E-state index in [2.05, 4.69) is 16.8 Å². The average molecular weight is 368 g/mol. The molecule has 1 aromatic rings. The van der Waals surface area contributed by atoms with Crippen molar-refractivity contribution in [3.05, 3.63) is 11.9 Å². The molecule has 142 valence electrons. The van der Waals surface area contributed by atoms with Crippen molar-refractivity contribution in [2.45, 2.75) is 76.5 Å². The fraction of sp³-hybridized carbons (Fsp3) is 0.842. The smallest absolute Gasteiger partial charge is 0.227 e. The van der Waals surface area contributed by atoms with Crippen molar-refractivity contribution in [1.82, 2.24) is 14.5 Å². The maximum Gasteiger partial charge on any atom is 0.227 e. The summed E-state index contributed by atoms with van der Waals surface area (Å²) in [6, 6.07) is 0. The maximum atomic E-state index is 12.2. The molecule has 2 aliphatic rings. The van der Waals surface area contributed by atoms with Gasteiger partial charge in [-0.15, -0.1) is 0 Å². The minimum Gasteiger partial charge on any atom is -0.317 e. The molecule has 2 fully saturated rings. The summed E-state index contributed by atoms with van der Waals surface area (Å²) < 4.78 is 26.4. The van der Waals surface area contributed by atoms with Gasteiger partial charge in [-0.2, -0.15) is 0 Å². The van der Waals surface area contributed by atoms with Gasteiger partial charge in [0.05, 0.1) is 11.9 Å². The van der Waals surface area contributed by atoms with E-state index >= 15 is 0 Å². The Bertz CT molecular complexity index is 658. The van der Waals surface area contributed by atoms with Gasteiger partial charge in [0.2, 0.25) is 15.0 Å². The number of rotatable bonds is 9. The standard InChI is InChI=1S/C19H33N3O2S/c1-3-11-21(13-17-9-10-17)15-18-12-20-19(25(2,23)24)22(18)14-16-7-5-4-6-8-16/h12,16-17H,3-11,13-15H2,1-2H3. The van der Waals surface area contributed by atoms with Crippen LogP contribution in [0.4, 0.5) is 0 Å². The van der Waals surface area contributed by atoms with Gasteiger partial charge in [0.15, 0.2) is 0 Å². The van der Waals surface area contributed by atoms with E-state index in [1.807, 2.05) is 4.57 Å². The highest BCUT2D eigenvalue weighted by Gasteiger charge is 2.27. The molecule has 0 atom stereocenters. The molecule has 2 aliphatic carbocycles. The predicted octanol–water partition coefficient (Wildman–Crippen LogP) is 3.49. The molecule has 0 N–H and O–H groups in total. The number of hydrogen-bond donors (Lipinski definition) is 0. The first-order valence-corrected chi connectivity index (χ1v) is 11.8. The van der Waals surface area contributed by atoms with E-state index < -0.39 is 9.84 Å². The van der Waals surface area contributed by atoms with Gasteiger partial charge in [-0.05, 0) is 50.5 Å². The molecule has 25 heavy (non-hydrogen) atoms. The summed E-state index contributed by atoms with van der Waals surface area (Å²) in [6.07, 6.45) is 13.2.